The average molecular weight is 263 g/mol. The summed E-state index contributed by atoms with van der Waals surface area (Å²) in [6.45, 7) is 4.31. The van der Waals surface area contributed by atoms with Crippen LogP contribution in [0.5, 0.6) is 0 Å². The average Bonchev–Trinajstić information content (AvgIpc) is 2.54. The van der Waals surface area contributed by atoms with Gasteiger partial charge in [0.2, 0.25) is 0 Å². The highest BCUT2D eigenvalue weighted by molar-refractivity contribution is 5.39. The molecule has 2 aromatic carbocycles. The molecule has 0 aliphatic heterocycles. The highest BCUT2D eigenvalue weighted by atomic mass is 14.4. The number of benzene rings is 2. The van der Waals surface area contributed by atoms with Gasteiger partial charge in [-0.3, -0.25) is 0 Å². The molecule has 1 nitrogen and oxygen atoms in total. The van der Waals surface area contributed by atoms with Gasteiger partial charge in [0.25, 0.3) is 0 Å². The van der Waals surface area contributed by atoms with Crippen molar-refractivity contribution in [3.8, 4) is 6.07 Å². The van der Waals surface area contributed by atoms with E-state index in [0.29, 0.717) is 0 Å². The first-order valence-electron chi connectivity index (χ1n) is 7.26. The topological polar surface area (TPSA) is 23.8 Å². The predicted octanol–water partition coefficient (Wildman–Crippen LogP) is 5.05. The Morgan fingerprint density at radius 3 is 2.05 bits per heavy atom. The highest BCUT2D eigenvalue weighted by Gasteiger charge is 2.38. The Balaban J connectivity index is 2.50. The second-order valence-corrected chi connectivity index (χ2v) is 5.33. The summed E-state index contributed by atoms with van der Waals surface area (Å²) in [4.78, 5) is 0. The van der Waals surface area contributed by atoms with Crippen molar-refractivity contribution in [2.45, 2.75) is 38.0 Å². The van der Waals surface area contributed by atoms with Crippen LogP contribution in [0.15, 0.2) is 60.7 Å². The summed E-state index contributed by atoms with van der Waals surface area (Å²) < 4.78 is 0. The Kier molecular flexibility index (Phi) is 4.58. The third-order valence-electron chi connectivity index (χ3n) is 4.17. The molecule has 1 heteroatoms. The quantitative estimate of drug-likeness (QED) is 0.740. The molecule has 2 rings (SSSR count). The van der Waals surface area contributed by atoms with Crippen LogP contribution in [-0.4, -0.2) is 0 Å². The first-order valence-corrected chi connectivity index (χ1v) is 7.26. The molecule has 0 unspecified atom stereocenters. The molecule has 0 aliphatic rings. The zero-order chi connectivity index (χ0) is 14.4. The highest BCUT2D eigenvalue weighted by Crippen LogP contribution is 2.42. The number of nitrogens with zero attached hydrogens (tertiary/aromatic N) is 1. The molecular formula is C19H21N. The summed E-state index contributed by atoms with van der Waals surface area (Å²) in [5, 5.41) is 9.94. The minimum absolute atomic E-state index is 0.177. The van der Waals surface area contributed by atoms with Crippen molar-refractivity contribution < 1.29 is 0 Å². The molecule has 0 spiro atoms. The molecule has 0 saturated heterocycles. The fourth-order valence-corrected chi connectivity index (χ4v) is 2.98. The molecule has 2 aromatic rings. The normalized spacial score (nSPS) is 15.1. The van der Waals surface area contributed by atoms with Gasteiger partial charge in [0.15, 0.2) is 0 Å². The minimum Gasteiger partial charge on any atom is -0.197 e. The Morgan fingerprint density at radius 2 is 1.55 bits per heavy atom. The maximum atomic E-state index is 9.94. The van der Waals surface area contributed by atoms with Crippen LogP contribution in [0.3, 0.4) is 0 Å². The predicted molar refractivity (Wildman–Crippen MR) is 83.5 cm³/mol. The zero-order valence-corrected chi connectivity index (χ0v) is 12.2. The molecule has 0 heterocycles. The Bertz CT molecular complexity index is 568. The third-order valence-corrected chi connectivity index (χ3v) is 4.17. The van der Waals surface area contributed by atoms with Crippen molar-refractivity contribution in [2.75, 3.05) is 0 Å². The number of rotatable bonds is 5. The van der Waals surface area contributed by atoms with E-state index >= 15 is 0 Å². The first-order chi connectivity index (χ1) is 9.74. The summed E-state index contributed by atoms with van der Waals surface area (Å²) in [7, 11) is 0. The molecule has 0 aromatic heterocycles. The molecule has 0 fully saturated rings. The molecule has 0 radical (unpaired) electrons. The van der Waals surface area contributed by atoms with Crippen LogP contribution in [0.4, 0.5) is 0 Å². The van der Waals surface area contributed by atoms with Crippen LogP contribution in [0.1, 0.15) is 43.7 Å². The first kappa shape index (κ1) is 14.3. The van der Waals surface area contributed by atoms with Crippen LogP contribution >= 0.6 is 0 Å². The summed E-state index contributed by atoms with van der Waals surface area (Å²) in [5.41, 5.74) is 1.91. The maximum Gasteiger partial charge on any atom is 0.0887 e. The minimum atomic E-state index is -0.447. The molecule has 0 bridgehead atoms. The lowest BCUT2D eigenvalue weighted by Crippen LogP contribution is -2.30. The van der Waals surface area contributed by atoms with Gasteiger partial charge in [0.05, 0.1) is 11.5 Å². The molecule has 20 heavy (non-hydrogen) atoms. The van der Waals surface area contributed by atoms with Crippen LogP contribution in [0.2, 0.25) is 0 Å². The van der Waals surface area contributed by atoms with Crippen LogP contribution in [0, 0.1) is 11.3 Å². The van der Waals surface area contributed by atoms with Crippen LogP contribution < -0.4 is 0 Å². The second kappa shape index (κ2) is 6.39. The Labute approximate surface area is 121 Å². The largest absolute Gasteiger partial charge is 0.197 e. The summed E-state index contributed by atoms with van der Waals surface area (Å²) in [5.74, 6) is 0.177. The summed E-state index contributed by atoms with van der Waals surface area (Å²) in [6, 6.07) is 23.2. The van der Waals surface area contributed by atoms with Gasteiger partial charge in [0.1, 0.15) is 0 Å². The van der Waals surface area contributed by atoms with E-state index in [4.69, 9.17) is 0 Å². The van der Waals surface area contributed by atoms with Crippen LogP contribution in [-0.2, 0) is 5.41 Å². The summed E-state index contributed by atoms with van der Waals surface area (Å²) in [6.07, 6.45) is 1.88. The van der Waals surface area contributed by atoms with E-state index in [1.165, 1.54) is 5.56 Å². The van der Waals surface area contributed by atoms with Crippen molar-refractivity contribution in [3.63, 3.8) is 0 Å². The standard InChI is InChI=1S/C19H21N/c1-3-14-19(15-20,18-12-8-5-9-13-18)16(2)17-10-6-4-7-11-17/h4-13,16H,3,14H2,1-2H3/t16-,19-/m1/s1. The monoisotopic (exact) mass is 263 g/mol. The lowest BCUT2D eigenvalue weighted by atomic mass is 9.67. The van der Waals surface area contributed by atoms with E-state index in [-0.39, 0.29) is 5.92 Å². The van der Waals surface area contributed by atoms with Gasteiger partial charge in [0, 0.05) is 5.92 Å². The summed E-state index contributed by atoms with van der Waals surface area (Å²) >= 11 is 0. The van der Waals surface area contributed by atoms with Gasteiger partial charge in [-0.25, -0.2) is 0 Å². The fraction of sp³-hybridized carbons (Fsp3) is 0.316. The molecule has 0 aliphatic carbocycles. The third kappa shape index (κ3) is 2.60. The van der Waals surface area contributed by atoms with Crippen molar-refractivity contribution >= 4 is 0 Å². The van der Waals surface area contributed by atoms with Gasteiger partial charge in [-0.2, -0.15) is 5.26 Å². The maximum absolute atomic E-state index is 9.94. The smallest absolute Gasteiger partial charge is 0.0887 e. The number of nitriles is 1. The molecule has 102 valence electrons. The Morgan fingerprint density at radius 1 is 1.00 bits per heavy atom. The van der Waals surface area contributed by atoms with Crippen molar-refractivity contribution in [1.29, 1.82) is 5.26 Å². The Hall–Kier alpha value is -2.07. The van der Waals surface area contributed by atoms with E-state index in [1.54, 1.807) is 0 Å². The van der Waals surface area contributed by atoms with E-state index in [9.17, 15) is 5.26 Å². The van der Waals surface area contributed by atoms with Crippen LogP contribution in [0.25, 0.3) is 0 Å². The van der Waals surface area contributed by atoms with E-state index in [1.807, 2.05) is 36.4 Å². The van der Waals surface area contributed by atoms with Gasteiger partial charge < -0.3 is 0 Å². The van der Waals surface area contributed by atoms with E-state index in [2.05, 4.69) is 44.2 Å². The van der Waals surface area contributed by atoms with Gasteiger partial charge >= 0.3 is 0 Å². The van der Waals surface area contributed by atoms with Crippen molar-refractivity contribution in [3.05, 3.63) is 71.8 Å². The zero-order valence-electron chi connectivity index (χ0n) is 12.2. The van der Waals surface area contributed by atoms with E-state index < -0.39 is 5.41 Å². The number of hydrogen-bond acceptors (Lipinski definition) is 1. The van der Waals surface area contributed by atoms with Gasteiger partial charge in [-0.15, -0.1) is 0 Å². The van der Waals surface area contributed by atoms with Crippen molar-refractivity contribution in [2.24, 2.45) is 0 Å². The fourth-order valence-electron chi connectivity index (χ4n) is 2.98. The molecular weight excluding hydrogens is 242 g/mol. The SMILES string of the molecule is CCC[C@](C#N)(c1ccccc1)[C@H](C)c1ccccc1. The van der Waals surface area contributed by atoms with E-state index in [0.717, 1.165) is 18.4 Å². The second-order valence-electron chi connectivity index (χ2n) is 5.33. The van der Waals surface area contributed by atoms with Gasteiger partial charge in [-0.1, -0.05) is 80.9 Å². The lowest BCUT2D eigenvalue weighted by molar-refractivity contribution is 0.422. The number of hydrogen-bond donors (Lipinski definition) is 0. The molecule has 0 saturated carbocycles. The molecule has 2 atom stereocenters. The molecule has 0 N–H and O–H groups in total. The lowest BCUT2D eigenvalue weighted by Gasteiger charge is -2.33. The molecule has 0 amide bonds. The van der Waals surface area contributed by atoms with Crippen molar-refractivity contribution in [1.82, 2.24) is 0 Å². The van der Waals surface area contributed by atoms with Gasteiger partial charge in [-0.05, 0) is 17.5 Å².